The summed E-state index contributed by atoms with van der Waals surface area (Å²) in [4.78, 5) is 28.4. The van der Waals surface area contributed by atoms with Crippen molar-refractivity contribution in [2.75, 3.05) is 44.2 Å². The molecule has 0 aromatic heterocycles. The number of hydrogen-bond acceptors (Lipinski definition) is 4. The molecule has 1 aromatic carbocycles. The number of hydrogen-bond donors (Lipinski definition) is 2. The van der Waals surface area contributed by atoms with Gasteiger partial charge in [0.2, 0.25) is 11.8 Å². The minimum absolute atomic E-state index is 0.0427. The highest BCUT2D eigenvalue weighted by molar-refractivity contribution is 5.79. The molecule has 2 saturated heterocycles. The van der Waals surface area contributed by atoms with Crippen LogP contribution in [0.15, 0.2) is 30.3 Å². The molecule has 2 aliphatic rings. The number of nitrogens with zero attached hydrogens (tertiary/aromatic N) is 2. The van der Waals surface area contributed by atoms with Crippen LogP contribution >= 0.6 is 0 Å². The third kappa shape index (κ3) is 5.19. The molecule has 2 heterocycles. The first-order valence-electron chi connectivity index (χ1n) is 9.30. The second kappa shape index (κ2) is 8.85. The molecule has 0 radical (unpaired) electrons. The van der Waals surface area contributed by atoms with Crippen LogP contribution in [0.25, 0.3) is 0 Å². The van der Waals surface area contributed by atoms with Gasteiger partial charge < -0.3 is 20.4 Å². The van der Waals surface area contributed by atoms with E-state index in [1.54, 1.807) is 0 Å². The first-order valence-corrected chi connectivity index (χ1v) is 9.30. The number of nitrogens with one attached hydrogen (secondary N) is 2. The van der Waals surface area contributed by atoms with Crippen molar-refractivity contribution in [3.8, 4) is 0 Å². The van der Waals surface area contributed by atoms with Crippen LogP contribution in [0.4, 0.5) is 5.69 Å². The van der Waals surface area contributed by atoms with E-state index in [2.05, 4.69) is 27.7 Å². The zero-order valence-electron chi connectivity index (χ0n) is 14.7. The maximum Gasteiger partial charge on any atom is 0.224 e. The molecule has 2 N–H and O–H groups in total. The molecule has 2 fully saturated rings. The molecule has 2 amide bonds. The van der Waals surface area contributed by atoms with E-state index in [0.29, 0.717) is 25.4 Å². The molecule has 6 nitrogen and oxygen atoms in total. The van der Waals surface area contributed by atoms with E-state index in [4.69, 9.17) is 0 Å². The van der Waals surface area contributed by atoms with Crippen LogP contribution in [0.2, 0.25) is 0 Å². The molecular weight excluding hydrogens is 316 g/mol. The standard InChI is InChI=1S/C19H28N4O2/c24-18(15-16-5-4-9-20-16)21-10-8-19(25)23-13-11-22(12-14-23)17-6-2-1-3-7-17/h1-3,6-7,16,20H,4-5,8-15H2,(H,21,24). The summed E-state index contributed by atoms with van der Waals surface area (Å²) in [6.07, 6.45) is 3.11. The van der Waals surface area contributed by atoms with E-state index in [9.17, 15) is 9.59 Å². The Kier molecular flexibility index (Phi) is 6.28. The Balaban J connectivity index is 1.33. The van der Waals surface area contributed by atoms with Gasteiger partial charge in [0.15, 0.2) is 0 Å². The van der Waals surface area contributed by atoms with Gasteiger partial charge in [-0.2, -0.15) is 0 Å². The third-order valence-corrected chi connectivity index (χ3v) is 5.01. The Bertz CT molecular complexity index is 564. The highest BCUT2D eigenvalue weighted by atomic mass is 16.2. The summed E-state index contributed by atoms with van der Waals surface area (Å²) in [6.45, 7) is 4.64. The number of rotatable bonds is 6. The van der Waals surface area contributed by atoms with Crippen LogP contribution in [0.5, 0.6) is 0 Å². The summed E-state index contributed by atoms with van der Waals surface area (Å²) in [5.74, 6) is 0.174. The van der Waals surface area contributed by atoms with Gasteiger partial charge in [0.05, 0.1) is 0 Å². The predicted molar refractivity (Wildman–Crippen MR) is 98.5 cm³/mol. The predicted octanol–water partition coefficient (Wildman–Crippen LogP) is 0.984. The average molecular weight is 344 g/mol. The van der Waals surface area contributed by atoms with E-state index in [1.165, 1.54) is 5.69 Å². The number of carbonyl (C=O) groups excluding carboxylic acids is 2. The van der Waals surface area contributed by atoms with Gasteiger partial charge in [-0.1, -0.05) is 18.2 Å². The van der Waals surface area contributed by atoms with Crippen molar-refractivity contribution >= 4 is 17.5 Å². The Morgan fingerprint density at radius 1 is 1.12 bits per heavy atom. The minimum atomic E-state index is 0.0427. The summed E-state index contributed by atoms with van der Waals surface area (Å²) < 4.78 is 0. The molecule has 1 unspecified atom stereocenters. The van der Waals surface area contributed by atoms with E-state index in [0.717, 1.165) is 45.6 Å². The molecule has 3 rings (SSSR count). The zero-order chi connectivity index (χ0) is 17.5. The van der Waals surface area contributed by atoms with Crippen molar-refractivity contribution in [3.05, 3.63) is 30.3 Å². The summed E-state index contributed by atoms with van der Waals surface area (Å²) in [7, 11) is 0. The van der Waals surface area contributed by atoms with Gasteiger partial charge in [-0.05, 0) is 31.5 Å². The zero-order valence-corrected chi connectivity index (χ0v) is 14.7. The van der Waals surface area contributed by atoms with Gasteiger partial charge in [-0.15, -0.1) is 0 Å². The number of amides is 2. The van der Waals surface area contributed by atoms with E-state index in [1.807, 2.05) is 23.1 Å². The second-order valence-corrected chi connectivity index (χ2v) is 6.80. The van der Waals surface area contributed by atoms with E-state index < -0.39 is 0 Å². The van der Waals surface area contributed by atoms with Crippen LogP contribution in [0, 0.1) is 0 Å². The number of anilines is 1. The fourth-order valence-corrected chi connectivity index (χ4v) is 3.55. The third-order valence-electron chi connectivity index (χ3n) is 5.01. The minimum Gasteiger partial charge on any atom is -0.368 e. The molecule has 2 aliphatic heterocycles. The second-order valence-electron chi connectivity index (χ2n) is 6.80. The molecule has 1 aromatic rings. The number of para-hydroxylation sites is 1. The molecule has 0 spiro atoms. The highest BCUT2D eigenvalue weighted by Crippen LogP contribution is 2.15. The van der Waals surface area contributed by atoms with E-state index in [-0.39, 0.29) is 11.8 Å². The van der Waals surface area contributed by atoms with Gasteiger partial charge in [0.1, 0.15) is 0 Å². The monoisotopic (exact) mass is 344 g/mol. The van der Waals surface area contributed by atoms with Crippen LogP contribution in [-0.4, -0.2) is 62.0 Å². The van der Waals surface area contributed by atoms with Crippen LogP contribution in [0.3, 0.4) is 0 Å². The highest BCUT2D eigenvalue weighted by Gasteiger charge is 2.21. The Morgan fingerprint density at radius 2 is 1.88 bits per heavy atom. The van der Waals surface area contributed by atoms with Crippen molar-refractivity contribution in [2.45, 2.75) is 31.7 Å². The van der Waals surface area contributed by atoms with Gasteiger partial charge in [0, 0.05) is 57.3 Å². The molecule has 6 heteroatoms. The summed E-state index contributed by atoms with van der Waals surface area (Å²) in [5, 5.41) is 6.19. The number of carbonyl (C=O) groups is 2. The maximum atomic E-state index is 12.3. The summed E-state index contributed by atoms with van der Waals surface area (Å²) in [6, 6.07) is 10.6. The van der Waals surface area contributed by atoms with Crippen LogP contribution in [0.1, 0.15) is 25.7 Å². The fourth-order valence-electron chi connectivity index (χ4n) is 3.55. The van der Waals surface area contributed by atoms with Crippen molar-refractivity contribution in [2.24, 2.45) is 0 Å². The van der Waals surface area contributed by atoms with Crippen molar-refractivity contribution in [1.29, 1.82) is 0 Å². The largest absolute Gasteiger partial charge is 0.368 e. The quantitative estimate of drug-likeness (QED) is 0.808. The number of piperazine rings is 1. The van der Waals surface area contributed by atoms with Crippen molar-refractivity contribution in [1.82, 2.24) is 15.5 Å². The van der Waals surface area contributed by atoms with Crippen molar-refractivity contribution in [3.63, 3.8) is 0 Å². The molecule has 136 valence electrons. The van der Waals surface area contributed by atoms with Gasteiger partial charge in [0.25, 0.3) is 0 Å². The molecule has 0 aliphatic carbocycles. The SMILES string of the molecule is O=C(CC1CCCN1)NCCC(=O)N1CCN(c2ccccc2)CC1. The Hall–Kier alpha value is -2.08. The molecule has 0 bridgehead atoms. The molecule has 1 atom stereocenters. The lowest BCUT2D eigenvalue weighted by atomic mass is 10.1. The molecule has 25 heavy (non-hydrogen) atoms. The Labute approximate surface area is 149 Å². The van der Waals surface area contributed by atoms with Gasteiger partial charge in [-0.3, -0.25) is 9.59 Å². The molecular formula is C19H28N4O2. The summed E-state index contributed by atoms with van der Waals surface area (Å²) >= 11 is 0. The van der Waals surface area contributed by atoms with Crippen molar-refractivity contribution < 1.29 is 9.59 Å². The number of benzene rings is 1. The average Bonchev–Trinajstić information content (AvgIpc) is 3.15. The van der Waals surface area contributed by atoms with Crippen LogP contribution < -0.4 is 15.5 Å². The normalized spacial score (nSPS) is 20.6. The first-order chi connectivity index (χ1) is 12.2. The van der Waals surface area contributed by atoms with Crippen LogP contribution in [-0.2, 0) is 9.59 Å². The smallest absolute Gasteiger partial charge is 0.224 e. The van der Waals surface area contributed by atoms with E-state index >= 15 is 0 Å². The maximum absolute atomic E-state index is 12.3. The lowest BCUT2D eigenvalue weighted by Gasteiger charge is -2.36. The Morgan fingerprint density at radius 3 is 2.56 bits per heavy atom. The topological polar surface area (TPSA) is 64.7 Å². The van der Waals surface area contributed by atoms with Gasteiger partial charge >= 0.3 is 0 Å². The van der Waals surface area contributed by atoms with Gasteiger partial charge in [-0.25, -0.2) is 0 Å². The lowest BCUT2D eigenvalue weighted by molar-refractivity contribution is -0.131. The molecule has 0 saturated carbocycles. The fraction of sp³-hybridized carbons (Fsp3) is 0.579. The summed E-state index contributed by atoms with van der Waals surface area (Å²) in [5.41, 5.74) is 1.21. The lowest BCUT2D eigenvalue weighted by Crippen LogP contribution is -2.49. The first kappa shape index (κ1) is 17.7.